The van der Waals surface area contributed by atoms with Gasteiger partial charge in [0.2, 0.25) is 5.91 Å². The van der Waals surface area contributed by atoms with E-state index >= 15 is 0 Å². The van der Waals surface area contributed by atoms with Crippen LogP contribution in [0.4, 0.5) is 0 Å². The predicted octanol–water partition coefficient (Wildman–Crippen LogP) is 0.854. The van der Waals surface area contributed by atoms with Gasteiger partial charge in [-0.05, 0) is 19.9 Å². The van der Waals surface area contributed by atoms with Crippen LogP contribution in [0.3, 0.4) is 0 Å². The van der Waals surface area contributed by atoms with Crippen LogP contribution in [0.1, 0.15) is 19.3 Å². The third-order valence-corrected chi connectivity index (χ3v) is 3.49. The number of hydrogen-bond donors (Lipinski definition) is 0. The molecule has 0 atom stereocenters. The van der Waals surface area contributed by atoms with Gasteiger partial charge in [-0.25, -0.2) is 0 Å². The standard InChI is InChI=1S/C11H20N2O2S/c1-12-5-7-13(8-6-12)11(15)4-2-3-9-16-10-14/h10H,2-9H2,1H3. The number of rotatable bonds is 6. The monoisotopic (exact) mass is 244 g/mol. The predicted molar refractivity (Wildman–Crippen MR) is 67.1 cm³/mol. The SMILES string of the molecule is CN1CCN(C(=O)CCCCSC=O)CC1. The van der Waals surface area contributed by atoms with Crippen LogP contribution >= 0.6 is 11.8 Å². The van der Waals surface area contributed by atoms with Crippen molar-refractivity contribution < 1.29 is 9.59 Å². The van der Waals surface area contributed by atoms with Gasteiger partial charge in [-0.2, -0.15) is 0 Å². The quantitative estimate of drug-likeness (QED) is 0.513. The van der Waals surface area contributed by atoms with Crippen molar-refractivity contribution in [2.45, 2.75) is 19.3 Å². The highest BCUT2D eigenvalue weighted by Crippen LogP contribution is 2.07. The van der Waals surface area contributed by atoms with Crippen LogP contribution in [-0.4, -0.2) is 60.3 Å². The van der Waals surface area contributed by atoms with Gasteiger partial charge in [-0.1, -0.05) is 11.8 Å². The van der Waals surface area contributed by atoms with Crippen molar-refractivity contribution in [2.24, 2.45) is 0 Å². The maximum Gasteiger partial charge on any atom is 0.222 e. The molecule has 0 unspecified atom stereocenters. The summed E-state index contributed by atoms with van der Waals surface area (Å²) in [6, 6.07) is 0. The summed E-state index contributed by atoms with van der Waals surface area (Å²) in [5.74, 6) is 1.10. The van der Waals surface area contributed by atoms with Crippen LogP contribution in [0.5, 0.6) is 0 Å². The molecule has 1 heterocycles. The van der Waals surface area contributed by atoms with Crippen molar-refractivity contribution in [2.75, 3.05) is 39.0 Å². The van der Waals surface area contributed by atoms with E-state index in [1.165, 1.54) is 11.8 Å². The maximum atomic E-state index is 11.8. The van der Waals surface area contributed by atoms with Gasteiger partial charge in [0.1, 0.15) is 0 Å². The molecule has 4 nitrogen and oxygen atoms in total. The third-order valence-electron chi connectivity index (χ3n) is 2.83. The Hall–Kier alpha value is -0.550. The Morgan fingerprint density at radius 2 is 1.94 bits per heavy atom. The van der Waals surface area contributed by atoms with Crippen LogP contribution in [-0.2, 0) is 9.59 Å². The van der Waals surface area contributed by atoms with Gasteiger partial charge < -0.3 is 9.80 Å². The van der Waals surface area contributed by atoms with Gasteiger partial charge in [0.15, 0.2) is 5.62 Å². The Balaban J connectivity index is 2.08. The van der Waals surface area contributed by atoms with Crippen molar-refractivity contribution in [3.8, 4) is 0 Å². The van der Waals surface area contributed by atoms with Crippen LogP contribution in [0.15, 0.2) is 0 Å². The smallest absolute Gasteiger partial charge is 0.222 e. The summed E-state index contributed by atoms with van der Waals surface area (Å²) in [7, 11) is 2.08. The minimum atomic E-state index is 0.268. The molecule has 0 aromatic heterocycles. The number of thioether (sulfide) groups is 1. The zero-order valence-corrected chi connectivity index (χ0v) is 10.7. The zero-order chi connectivity index (χ0) is 11.8. The first-order valence-corrected chi connectivity index (χ1v) is 6.80. The van der Waals surface area contributed by atoms with E-state index in [1.54, 1.807) is 0 Å². The van der Waals surface area contributed by atoms with E-state index in [9.17, 15) is 9.59 Å². The lowest BCUT2D eigenvalue weighted by atomic mass is 10.2. The second-order valence-corrected chi connectivity index (χ2v) is 5.04. The van der Waals surface area contributed by atoms with E-state index in [2.05, 4.69) is 11.9 Å². The van der Waals surface area contributed by atoms with Gasteiger partial charge in [0.25, 0.3) is 0 Å². The van der Waals surface area contributed by atoms with Gasteiger partial charge in [0.05, 0.1) is 0 Å². The molecule has 1 rings (SSSR count). The van der Waals surface area contributed by atoms with Crippen molar-refractivity contribution in [1.29, 1.82) is 0 Å². The fraction of sp³-hybridized carbons (Fsp3) is 0.818. The molecule has 0 saturated carbocycles. The molecule has 1 aliphatic rings. The van der Waals surface area contributed by atoms with E-state index in [1.807, 2.05) is 4.90 Å². The van der Waals surface area contributed by atoms with Crippen LogP contribution in [0.2, 0.25) is 0 Å². The fourth-order valence-corrected chi connectivity index (χ4v) is 2.19. The van der Waals surface area contributed by atoms with Crippen molar-refractivity contribution >= 4 is 23.3 Å². The van der Waals surface area contributed by atoms with E-state index in [0.29, 0.717) is 6.42 Å². The Morgan fingerprint density at radius 3 is 2.56 bits per heavy atom. The molecule has 16 heavy (non-hydrogen) atoms. The summed E-state index contributed by atoms with van der Waals surface area (Å²) < 4.78 is 0. The Bertz CT molecular complexity index is 228. The second kappa shape index (κ2) is 7.68. The molecular weight excluding hydrogens is 224 g/mol. The minimum absolute atomic E-state index is 0.268. The van der Waals surface area contributed by atoms with Crippen molar-refractivity contribution in [1.82, 2.24) is 9.80 Å². The molecule has 0 N–H and O–H groups in total. The number of piperazine rings is 1. The lowest BCUT2D eigenvalue weighted by Crippen LogP contribution is -2.47. The minimum Gasteiger partial charge on any atom is -0.340 e. The van der Waals surface area contributed by atoms with Crippen LogP contribution in [0, 0.1) is 0 Å². The fourth-order valence-electron chi connectivity index (χ4n) is 1.72. The molecule has 0 aromatic carbocycles. The van der Waals surface area contributed by atoms with E-state index < -0.39 is 0 Å². The average molecular weight is 244 g/mol. The Kier molecular flexibility index (Phi) is 6.49. The number of hydrogen-bond acceptors (Lipinski definition) is 4. The Morgan fingerprint density at radius 1 is 1.25 bits per heavy atom. The molecule has 0 aromatic rings. The van der Waals surface area contributed by atoms with Crippen LogP contribution < -0.4 is 0 Å². The van der Waals surface area contributed by atoms with Gasteiger partial charge in [-0.15, -0.1) is 0 Å². The second-order valence-electron chi connectivity index (χ2n) is 4.11. The summed E-state index contributed by atoms with van der Waals surface area (Å²) in [6.45, 7) is 3.68. The third kappa shape index (κ3) is 4.99. The molecule has 1 aliphatic heterocycles. The summed E-state index contributed by atoms with van der Waals surface area (Å²) >= 11 is 1.28. The van der Waals surface area contributed by atoms with Gasteiger partial charge in [0, 0.05) is 38.4 Å². The number of likely N-dealkylation sites (N-methyl/N-ethyl adjacent to an activating group) is 1. The lowest BCUT2D eigenvalue weighted by molar-refractivity contribution is -0.132. The Labute approximate surface area is 101 Å². The summed E-state index contributed by atoms with van der Waals surface area (Å²) in [5.41, 5.74) is 0.863. The topological polar surface area (TPSA) is 40.6 Å². The number of amides is 1. The first-order valence-electron chi connectivity index (χ1n) is 5.75. The van der Waals surface area contributed by atoms with E-state index in [0.717, 1.165) is 50.4 Å². The molecule has 1 saturated heterocycles. The highest BCUT2D eigenvalue weighted by atomic mass is 32.2. The van der Waals surface area contributed by atoms with Gasteiger partial charge >= 0.3 is 0 Å². The zero-order valence-electron chi connectivity index (χ0n) is 9.85. The molecule has 92 valence electrons. The molecular formula is C11H20N2O2S. The molecule has 0 bridgehead atoms. The number of nitrogens with zero attached hydrogens (tertiary/aromatic N) is 2. The van der Waals surface area contributed by atoms with E-state index in [-0.39, 0.29) is 5.91 Å². The lowest BCUT2D eigenvalue weighted by Gasteiger charge is -2.32. The molecule has 0 radical (unpaired) electrons. The molecule has 0 spiro atoms. The summed E-state index contributed by atoms with van der Waals surface area (Å²) in [4.78, 5) is 26.0. The number of unbranched alkanes of at least 4 members (excludes halogenated alkanes) is 1. The largest absolute Gasteiger partial charge is 0.340 e. The summed E-state index contributed by atoms with van der Waals surface area (Å²) in [5, 5.41) is 0. The first-order chi connectivity index (χ1) is 7.74. The van der Waals surface area contributed by atoms with Crippen molar-refractivity contribution in [3.63, 3.8) is 0 Å². The van der Waals surface area contributed by atoms with E-state index in [4.69, 9.17) is 0 Å². The summed E-state index contributed by atoms with van der Waals surface area (Å²) in [6.07, 6.45) is 2.47. The first kappa shape index (κ1) is 13.5. The number of carbonyl (C=O) groups excluding carboxylic acids is 2. The normalized spacial score (nSPS) is 17.4. The highest BCUT2D eigenvalue weighted by Gasteiger charge is 2.17. The highest BCUT2D eigenvalue weighted by molar-refractivity contribution is 8.11. The molecule has 1 fully saturated rings. The van der Waals surface area contributed by atoms with Crippen LogP contribution in [0.25, 0.3) is 0 Å². The molecule has 1 amide bonds. The molecule has 0 aliphatic carbocycles. The maximum absolute atomic E-state index is 11.8. The van der Waals surface area contributed by atoms with Gasteiger partial charge in [-0.3, -0.25) is 9.59 Å². The van der Waals surface area contributed by atoms with Crippen molar-refractivity contribution in [3.05, 3.63) is 0 Å². The average Bonchev–Trinajstić information content (AvgIpc) is 2.29. The number of carbonyl (C=O) groups is 2. The molecule has 5 heteroatoms.